The molecule has 2 aromatic rings. The van der Waals surface area contributed by atoms with Crippen LogP contribution in [0.15, 0.2) is 60.7 Å². The third-order valence-corrected chi connectivity index (χ3v) is 6.73. The maximum Gasteiger partial charge on any atom is 0.329 e. The van der Waals surface area contributed by atoms with Crippen molar-refractivity contribution in [3.8, 4) is 0 Å². The molecule has 0 heterocycles. The van der Waals surface area contributed by atoms with Gasteiger partial charge in [0.05, 0.1) is 13.0 Å². The molecule has 8 nitrogen and oxygen atoms in total. The van der Waals surface area contributed by atoms with Crippen LogP contribution in [0.1, 0.15) is 22.8 Å². The number of hydrogen-bond acceptors (Lipinski definition) is 7. The summed E-state index contributed by atoms with van der Waals surface area (Å²) in [5, 5.41) is 14.6. The maximum atomic E-state index is 12.4. The first-order valence-corrected chi connectivity index (χ1v) is 12.7. The summed E-state index contributed by atoms with van der Waals surface area (Å²) in [4.78, 5) is 48.4. The maximum absolute atomic E-state index is 12.4. The number of esters is 1. The Labute approximate surface area is 200 Å². The molecular formula is C23H26N2O6S2. The lowest BCUT2D eigenvalue weighted by atomic mass is 10.1. The highest BCUT2D eigenvalue weighted by atomic mass is 33.1. The van der Waals surface area contributed by atoms with Crippen molar-refractivity contribution < 1.29 is 29.0 Å². The number of carboxylic acids is 1. The molecule has 0 aliphatic carbocycles. The zero-order valence-corrected chi connectivity index (χ0v) is 19.7. The van der Waals surface area contributed by atoms with Crippen LogP contribution < -0.4 is 10.6 Å². The molecule has 0 bridgehead atoms. The highest BCUT2D eigenvalue weighted by Gasteiger charge is 2.24. The highest BCUT2D eigenvalue weighted by Crippen LogP contribution is 2.23. The van der Waals surface area contributed by atoms with Gasteiger partial charge in [-0.3, -0.25) is 9.59 Å². The molecule has 2 rings (SSSR count). The molecule has 2 atom stereocenters. The molecule has 0 saturated carbocycles. The molecule has 176 valence electrons. The zero-order valence-electron chi connectivity index (χ0n) is 18.1. The van der Waals surface area contributed by atoms with E-state index in [1.54, 1.807) is 61.5 Å². The van der Waals surface area contributed by atoms with Gasteiger partial charge in [0.25, 0.3) is 5.91 Å². The van der Waals surface area contributed by atoms with Crippen LogP contribution in [0.5, 0.6) is 0 Å². The van der Waals surface area contributed by atoms with Gasteiger partial charge in [0.1, 0.15) is 12.1 Å². The SMILES string of the molecule is CCOC(=O)C(CSSCC(NC(=O)Cc1ccccc1)C(=O)O)NC(=O)c1ccccc1. The van der Waals surface area contributed by atoms with Gasteiger partial charge in [-0.15, -0.1) is 0 Å². The summed E-state index contributed by atoms with van der Waals surface area (Å²) >= 11 is 0. The summed E-state index contributed by atoms with van der Waals surface area (Å²) in [5.74, 6) is -2.26. The van der Waals surface area contributed by atoms with E-state index in [1.165, 1.54) is 21.6 Å². The topological polar surface area (TPSA) is 122 Å². The number of hydrogen-bond donors (Lipinski definition) is 3. The van der Waals surface area contributed by atoms with Crippen molar-refractivity contribution in [3.05, 3.63) is 71.8 Å². The van der Waals surface area contributed by atoms with Crippen molar-refractivity contribution in [3.63, 3.8) is 0 Å². The van der Waals surface area contributed by atoms with Crippen molar-refractivity contribution in [1.82, 2.24) is 10.6 Å². The van der Waals surface area contributed by atoms with Crippen molar-refractivity contribution >= 4 is 45.3 Å². The van der Waals surface area contributed by atoms with E-state index in [0.717, 1.165) is 5.56 Å². The Bertz CT molecular complexity index is 927. The normalized spacial score (nSPS) is 12.3. The van der Waals surface area contributed by atoms with Crippen molar-refractivity contribution in [2.24, 2.45) is 0 Å². The van der Waals surface area contributed by atoms with Crippen LogP contribution >= 0.6 is 21.6 Å². The second-order valence-electron chi connectivity index (χ2n) is 6.83. The summed E-state index contributed by atoms with van der Waals surface area (Å²) in [6.45, 7) is 1.84. The molecule has 0 aromatic heterocycles. The van der Waals surface area contributed by atoms with Gasteiger partial charge in [0.2, 0.25) is 5.91 Å². The number of nitrogens with one attached hydrogen (secondary N) is 2. The Hall–Kier alpha value is -2.98. The van der Waals surface area contributed by atoms with Crippen LogP contribution in [0.3, 0.4) is 0 Å². The van der Waals surface area contributed by atoms with Gasteiger partial charge in [0.15, 0.2) is 0 Å². The van der Waals surface area contributed by atoms with Crippen LogP contribution in [-0.4, -0.2) is 59.1 Å². The second kappa shape index (κ2) is 14.2. The number of carbonyl (C=O) groups is 4. The minimum Gasteiger partial charge on any atom is -0.480 e. The van der Waals surface area contributed by atoms with Crippen molar-refractivity contribution in [2.45, 2.75) is 25.4 Å². The molecule has 0 saturated heterocycles. The molecule has 0 aliphatic heterocycles. The van der Waals surface area contributed by atoms with Crippen LogP contribution in [0.2, 0.25) is 0 Å². The van der Waals surface area contributed by atoms with Crippen LogP contribution in [0, 0.1) is 0 Å². The molecular weight excluding hydrogens is 464 g/mol. The van der Waals surface area contributed by atoms with Crippen molar-refractivity contribution in [2.75, 3.05) is 18.1 Å². The average molecular weight is 491 g/mol. The second-order valence-corrected chi connectivity index (χ2v) is 9.39. The lowest BCUT2D eigenvalue weighted by Gasteiger charge is -2.18. The highest BCUT2D eigenvalue weighted by molar-refractivity contribution is 8.76. The minimum atomic E-state index is -1.15. The summed E-state index contributed by atoms with van der Waals surface area (Å²) < 4.78 is 5.04. The van der Waals surface area contributed by atoms with E-state index in [9.17, 15) is 24.3 Å². The first kappa shape index (κ1) is 26.3. The first-order valence-electron chi connectivity index (χ1n) is 10.2. The van der Waals surface area contributed by atoms with Crippen LogP contribution in [0.25, 0.3) is 0 Å². The van der Waals surface area contributed by atoms with E-state index in [4.69, 9.17) is 4.74 Å². The lowest BCUT2D eigenvalue weighted by molar-refractivity contribution is -0.144. The third kappa shape index (κ3) is 9.58. The summed E-state index contributed by atoms with van der Waals surface area (Å²) in [6, 6.07) is 15.5. The van der Waals surface area contributed by atoms with Crippen molar-refractivity contribution in [1.29, 1.82) is 0 Å². The van der Waals surface area contributed by atoms with E-state index in [1.807, 2.05) is 6.07 Å². The number of ether oxygens (including phenoxy) is 1. The Morgan fingerprint density at radius 3 is 2.03 bits per heavy atom. The fourth-order valence-corrected chi connectivity index (χ4v) is 4.98. The zero-order chi connectivity index (χ0) is 24.1. The fraction of sp³-hybridized carbons (Fsp3) is 0.304. The first-order chi connectivity index (χ1) is 15.9. The van der Waals surface area contributed by atoms with Gasteiger partial charge in [-0.25, -0.2) is 9.59 Å². The predicted octanol–water partition coefficient (Wildman–Crippen LogP) is 2.54. The van der Waals surface area contributed by atoms with Gasteiger partial charge in [0, 0.05) is 17.1 Å². The molecule has 33 heavy (non-hydrogen) atoms. The molecule has 10 heteroatoms. The minimum absolute atomic E-state index is 0.0822. The van der Waals surface area contributed by atoms with Gasteiger partial charge in [-0.1, -0.05) is 70.1 Å². The summed E-state index contributed by atoms with van der Waals surface area (Å²) in [5.41, 5.74) is 1.20. The molecule has 3 N–H and O–H groups in total. The van der Waals surface area contributed by atoms with E-state index in [2.05, 4.69) is 10.6 Å². The smallest absolute Gasteiger partial charge is 0.329 e. The van der Waals surface area contributed by atoms with Crippen LogP contribution in [-0.2, 0) is 25.5 Å². The number of aliphatic carboxylic acids is 1. The Morgan fingerprint density at radius 1 is 0.879 bits per heavy atom. The third-order valence-electron chi connectivity index (χ3n) is 4.31. The Kier molecular flexibility index (Phi) is 11.3. The van der Waals surface area contributed by atoms with Gasteiger partial charge >= 0.3 is 11.9 Å². The average Bonchev–Trinajstić information content (AvgIpc) is 2.81. The van der Waals surface area contributed by atoms with Gasteiger partial charge in [-0.2, -0.15) is 0 Å². The van der Waals surface area contributed by atoms with E-state index < -0.39 is 35.8 Å². The molecule has 0 aliphatic rings. The number of carbonyl (C=O) groups excluding carboxylic acids is 3. The number of carboxylic acid groups (broad SMARTS) is 1. The number of amides is 2. The molecule has 0 radical (unpaired) electrons. The van der Waals surface area contributed by atoms with Gasteiger partial charge < -0.3 is 20.5 Å². The standard InChI is InChI=1S/C23H26N2O6S2/c1-2-31-23(30)19(25-21(27)17-11-7-4-8-12-17)15-33-32-14-18(22(28)29)24-20(26)13-16-9-5-3-6-10-16/h3-12,18-19H,2,13-15H2,1H3,(H,24,26)(H,25,27)(H,28,29). The molecule has 0 spiro atoms. The molecule has 2 amide bonds. The van der Waals surface area contributed by atoms with Gasteiger partial charge in [-0.05, 0) is 24.6 Å². The fourth-order valence-electron chi connectivity index (χ4n) is 2.68. The lowest BCUT2D eigenvalue weighted by Crippen LogP contribution is -2.44. The Morgan fingerprint density at radius 2 is 1.45 bits per heavy atom. The summed E-state index contributed by atoms with van der Waals surface area (Å²) in [7, 11) is 2.40. The number of benzene rings is 2. The predicted molar refractivity (Wildman–Crippen MR) is 129 cm³/mol. The quantitative estimate of drug-likeness (QED) is 0.222. The van der Waals surface area contributed by atoms with E-state index >= 15 is 0 Å². The van der Waals surface area contributed by atoms with E-state index in [-0.39, 0.29) is 24.5 Å². The van der Waals surface area contributed by atoms with E-state index in [0.29, 0.717) is 5.56 Å². The molecule has 0 fully saturated rings. The number of rotatable bonds is 13. The largest absolute Gasteiger partial charge is 0.480 e. The molecule has 2 unspecified atom stereocenters. The Balaban J connectivity index is 1.85. The van der Waals surface area contributed by atoms with Crippen LogP contribution in [0.4, 0.5) is 0 Å². The molecule has 2 aromatic carbocycles. The monoisotopic (exact) mass is 490 g/mol. The summed E-state index contributed by atoms with van der Waals surface area (Å²) in [6.07, 6.45) is 0.0822.